The minimum absolute atomic E-state index is 0.0111. The van der Waals surface area contributed by atoms with Crippen molar-refractivity contribution in [1.29, 1.82) is 0 Å². The van der Waals surface area contributed by atoms with Gasteiger partial charge in [-0.15, -0.1) is 0 Å². The van der Waals surface area contributed by atoms with E-state index >= 15 is 0 Å². The summed E-state index contributed by atoms with van der Waals surface area (Å²) in [5, 5.41) is 13.1. The molecule has 0 saturated heterocycles. The topological polar surface area (TPSA) is 113 Å². The van der Waals surface area contributed by atoms with E-state index in [1.165, 1.54) is 12.1 Å². The number of hydrogen-bond acceptors (Lipinski definition) is 5. The van der Waals surface area contributed by atoms with Gasteiger partial charge in [0.05, 0.1) is 10.8 Å². The zero-order valence-electron chi connectivity index (χ0n) is 16.4. The van der Waals surface area contributed by atoms with Gasteiger partial charge in [0, 0.05) is 11.6 Å². The highest BCUT2D eigenvalue weighted by Crippen LogP contribution is 2.25. The Morgan fingerprint density at radius 1 is 0.906 bits per heavy atom. The summed E-state index contributed by atoms with van der Waals surface area (Å²) in [6, 6.07) is 22.0. The fraction of sp³-hybridized carbons (Fsp3) is 0.0455. The minimum atomic E-state index is -0.695. The summed E-state index contributed by atoms with van der Waals surface area (Å²) < 4.78 is 0. The summed E-state index contributed by atoms with van der Waals surface area (Å²) in [5.74, 6) is -1.69. The maximum absolute atomic E-state index is 12.9. The van der Waals surface area contributed by atoms with Crippen molar-refractivity contribution in [3.8, 4) is 0 Å². The number of thiocarbonyl (C=S) groups is 1. The molecule has 0 heterocycles. The van der Waals surface area contributed by atoms with E-state index < -0.39 is 22.4 Å². The molecule has 0 spiro atoms. The van der Waals surface area contributed by atoms with E-state index in [0.29, 0.717) is 0 Å². The number of amides is 2. The van der Waals surface area contributed by atoms with Crippen LogP contribution in [0.1, 0.15) is 27.4 Å². The molecule has 0 aliphatic heterocycles. The van der Waals surface area contributed by atoms with Crippen LogP contribution in [-0.4, -0.2) is 21.9 Å². The highest BCUT2D eigenvalue weighted by molar-refractivity contribution is 7.80. The summed E-state index contributed by atoms with van der Waals surface area (Å²) in [6.45, 7) is 0. The van der Waals surface area contributed by atoms with E-state index in [0.717, 1.165) is 17.2 Å². The van der Waals surface area contributed by atoms with Gasteiger partial charge < -0.3 is 0 Å². The standard InChI is InChI=1S/C22H17ClN4O4S/c23-17-12-11-16(13-18(17)27(30)31)20(28)24-22(32)26-25-21(29)19(14-7-3-1-4-8-14)15-9-5-2-6-10-15/h1-13,19H,(H,25,29)(H2,24,26,28,32). The number of nitrogens with one attached hydrogen (secondary N) is 3. The Bertz CT molecular complexity index is 1120. The second kappa shape index (κ2) is 10.5. The van der Waals surface area contributed by atoms with Crippen LogP contribution in [0.3, 0.4) is 0 Å². The van der Waals surface area contributed by atoms with Gasteiger partial charge in [0.2, 0.25) is 5.91 Å². The molecule has 0 aromatic heterocycles. The van der Waals surface area contributed by atoms with E-state index in [1.807, 2.05) is 60.7 Å². The summed E-state index contributed by atoms with van der Waals surface area (Å²) in [4.78, 5) is 35.6. The van der Waals surface area contributed by atoms with E-state index in [1.54, 1.807) is 0 Å². The Labute approximate surface area is 193 Å². The number of benzene rings is 3. The lowest BCUT2D eigenvalue weighted by Gasteiger charge is -2.19. The van der Waals surface area contributed by atoms with Crippen molar-refractivity contribution in [1.82, 2.24) is 16.2 Å². The zero-order chi connectivity index (χ0) is 23.1. The second-order valence-electron chi connectivity index (χ2n) is 6.58. The molecular formula is C22H17ClN4O4S. The summed E-state index contributed by atoms with van der Waals surface area (Å²) in [7, 11) is 0. The normalized spacial score (nSPS) is 10.3. The molecule has 8 nitrogen and oxygen atoms in total. The number of nitro benzene ring substituents is 1. The average Bonchev–Trinajstić information content (AvgIpc) is 2.79. The van der Waals surface area contributed by atoms with Gasteiger partial charge in [-0.3, -0.25) is 35.9 Å². The molecule has 0 atom stereocenters. The summed E-state index contributed by atoms with van der Waals surface area (Å²) in [5.41, 5.74) is 6.14. The number of hydrogen-bond donors (Lipinski definition) is 3. The number of carbonyl (C=O) groups excluding carboxylic acids is 2. The predicted octanol–water partition coefficient (Wildman–Crippen LogP) is 3.72. The molecule has 0 aliphatic rings. The van der Waals surface area contributed by atoms with Crippen LogP contribution in [0.4, 0.5) is 5.69 Å². The summed E-state index contributed by atoms with van der Waals surface area (Å²) >= 11 is 10.8. The molecule has 3 aromatic rings. The highest BCUT2D eigenvalue weighted by Gasteiger charge is 2.23. The van der Waals surface area contributed by atoms with Crippen molar-refractivity contribution in [2.75, 3.05) is 0 Å². The molecule has 0 saturated carbocycles. The van der Waals surface area contributed by atoms with E-state index in [4.69, 9.17) is 23.8 Å². The third kappa shape index (κ3) is 5.65. The minimum Gasteiger partial charge on any atom is -0.298 e. The van der Waals surface area contributed by atoms with Crippen molar-refractivity contribution >= 4 is 46.4 Å². The first-order valence-electron chi connectivity index (χ1n) is 9.32. The molecule has 10 heteroatoms. The molecule has 0 unspecified atom stereocenters. The van der Waals surface area contributed by atoms with Crippen LogP contribution in [-0.2, 0) is 4.79 Å². The Kier molecular flexibility index (Phi) is 7.48. The van der Waals surface area contributed by atoms with Crippen molar-refractivity contribution in [3.05, 3.63) is 111 Å². The van der Waals surface area contributed by atoms with Gasteiger partial charge in [0.15, 0.2) is 5.11 Å². The van der Waals surface area contributed by atoms with Gasteiger partial charge in [0.25, 0.3) is 11.6 Å². The molecular weight excluding hydrogens is 452 g/mol. The average molecular weight is 469 g/mol. The van der Waals surface area contributed by atoms with Crippen LogP contribution in [0.2, 0.25) is 5.02 Å². The lowest BCUT2D eigenvalue weighted by atomic mass is 9.91. The molecule has 0 fully saturated rings. The van der Waals surface area contributed by atoms with Gasteiger partial charge in [-0.2, -0.15) is 0 Å². The number of nitro groups is 1. The summed E-state index contributed by atoms with van der Waals surface area (Å²) in [6.07, 6.45) is 0. The van der Waals surface area contributed by atoms with Crippen molar-refractivity contribution in [2.45, 2.75) is 5.92 Å². The maximum atomic E-state index is 12.9. The van der Waals surface area contributed by atoms with Crippen LogP contribution in [0.25, 0.3) is 0 Å². The van der Waals surface area contributed by atoms with Crippen molar-refractivity contribution in [2.24, 2.45) is 0 Å². The Hall–Kier alpha value is -3.82. The first-order chi connectivity index (χ1) is 15.4. The molecule has 3 N–H and O–H groups in total. The number of nitrogens with zero attached hydrogens (tertiary/aromatic N) is 1. The van der Waals surface area contributed by atoms with Gasteiger partial charge >= 0.3 is 0 Å². The maximum Gasteiger partial charge on any atom is 0.288 e. The van der Waals surface area contributed by atoms with Crippen LogP contribution in [0.5, 0.6) is 0 Å². The molecule has 0 radical (unpaired) electrons. The smallest absolute Gasteiger partial charge is 0.288 e. The third-order valence-electron chi connectivity index (χ3n) is 4.46. The predicted molar refractivity (Wildman–Crippen MR) is 124 cm³/mol. The van der Waals surface area contributed by atoms with Crippen LogP contribution in [0.15, 0.2) is 78.9 Å². The lowest BCUT2D eigenvalue weighted by molar-refractivity contribution is -0.384. The number of carbonyl (C=O) groups is 2. The van der Waals surface area contributed by atoms with Crippen LogP contribution in [0, 0.1) is 10.1 Å². The number of halogens is 1. The van der Waals surface area contributed by atoms with Crippen molar-refractivity contribution < 1.29 is 14.5 Å². The van der Waals surface area contributed by atoms with E-state index in [9.17, 15) is 19.7 Å². The van der Waals surface area contributed by atoms with Gasteiger partial charge in [-0.05, 0) is 35.5 Å². The Morgan fingerprint density at radius 2 is 1.47 bits per heavy atom. The second-order valence-corrected chi connectivity index (χ2v) is 7.39. The molecule has 3 aromatic carbocycles. The monoisotopic (exact) mass is 468 g/mol. The Balaban J connectivity index is 1.67. The molecule has 3 rings (SSSR count). The molecule has 2 amide bonds. The molecule has 32 heavy (non-hydrogen) atoms. The lowest BCUT2D eigenvalue weighted by Crippen LogP contribution is -2.49. The van der Waals surface area contributed by atoms with Gasteiger partial charge in [-0.1, -0.05) is 72.3 Å². The van der Waals surface area contributed by atoms with Crippen LogP contribution >= 0.6 is 23.8 Å². The molecule has 162 valence electrons. The quantitative estimate of drug-likeness (QED) is 0.299. The number of hydrazine groups is 1. The zero-order valence-corrected chi connectivity index (χ0v) is 18.0. The fourth-order valence-electron chi connectivity index (χ4n) is 2.98. The fourth-order valence-corrected chi connectivity index (χ4v) is 3.31. The largest absolute Gasteiger partial charge is 0.298 e. The van der Waals surface area contributed by atoms with Gasteiger partial charge in [0.1, 0.15) is 5.02 Å². The van der Waals surface area contributed by atoms with Gasteiger partial charge in [-0.25, -0.2) is 0 Å². The Morgan fingerprint density at radius 3 is 2.00 bits per heavy atom. The van der Waals surface area contributed by atoms with Crippen LogP contribution < -0.4 is 16.2 Å². The third-order valence-corrected chi connectivity index (χ3v) is 4.98. The van der Waals surface area contributed by atoms with E-state index in [2.05, 4.69) is 16.2 Å². The van der Waals surface area contributed by atoms with E-state index in [-0.39, 0.29) is 21.6 Å². The number of rotatable bonds is 5. The first kappa shape index (κ1) is 22.9. The highest BCUT2D eigenvalue weighted by atomic mass is 35.5. The molecule has 0 bridgehead atoms. The molecule has 0 aliphatic carbocycles. The SMILES string of the molecule is O=C(NC(=S)NNC(=O)C(c1ccccc1)c1ccccc1)c1ccc(Cl)c([N+](=O)[O-])c1. The first-order valence-corrected chi connectivity index (χ1v) is 10.1. The van der Waals surface area contributed by atoms with Crippen molar-refractivity contribution in [3.63, 3.8) is 0 Å².